The Morgan fingerprint density at radius 1 is 1.14 bits per heavy atom. The van der Waals surface area contributed by atoms with E-state index in [-0.39, 0.29) is 29.2 Å². The van der Waals surface area contributed by atoms with Gasteiger partial charge in [-0.15, -0.1) is 0 Å². The van der Waals surface area contributed by atoms with Crippen molar-refractivity contribution >= 4 is 34.1 Å². The molecule has 4 aromatic rings. The Kier molecular flexibility index (Phi) is 6.21. The second-order valence-corrected chi connectivity index (χ2v) is 9.08. The van der Waals surface area contributed by atoms with Gasteiger partial charge in [0.1, 0.15) is 5.82 Å². The number of anilines is 1. The largest absolute Gasteiger partial charge is 0.380 e. The van der Waals surface area contributed by atoms with E-state index in [4.69, 9.17) is 11.6 Å². The number of hydrogen-bond acceptors (Lipinski definition) is 5. The van der Waals surface area contributed by atoms with E-state index in [0.717, 1.165) is 22.4 Å². The molecule has 2 aromatic heterocycles. The highest BCUT2D eigenvalue weighted by Crippen LogP contribution is 2.37. The summed E-state index contributed by atoms with van der Waals surface area (Å²) in [6, 6.07) is 11.8. The molecule has 0 aliphatic heterocycles. The number of rotatable bonds is 6. The third-order valence-electron chi connectivity index (χ3n) is 6.48. The Morgan fingerprint density at radius 3 is 2.74 bits per heavy atom. The predicted octanol–water partition coefficient (Wildman–Crippen LogP) is 4.56. The van der Waals surface area contributed by atoms with Gasteiger partial charge < -0.3 is 10.6 Å². The molecule has 9 heteroatoms. The van der Waals surface area contributed by atoms with Crippen LogP contribution >= 0.6 is 11.6 Å². The second-order valence-electron chi connectivity index (χ2n) is 8.68. The van der Waals surface area contributed by atoms with Crippen LogP contribution in [0, 0.1) is 11.7 Å². The zero-order valence-electron chi connectivity index (χ0n) is 19.0. The molecule has 0 unspecified atom stereocenters. The summed E-state index contributed by atoms with van der Waals surface area (Å²) in [7, 11) is 1.62. The Balaban J connectivity index is 1.38. The van der Waals surface area contributed by atoms with Gasteiger partial charge in [0.15, 0.2) is 0 Å². The normalized spacial score (nSPS) is 17.1. The number of pyridine rings is 1. The average molecular weight is 492 g/mol. The summed E-state index contributed by atoms with van der Waals surface area (Å²) in [6.45, 7) is 0.412. The van der Waals surface area contributed by atoms with E-state index in [1.165, 1.54) is 12.1 Å². The molecule has 35 heavy (non-hydrogen) atoms. The molecule has 0 bridgehead atoms. The monoisotopic (exact) mass is 491 g/mol. The van der Waals surface area contributed by atoms with Crippen molar-refractivity contribution in [2.75, 3.05) is 12.4 Å². The van der Waals surface area contributed by atoms with Crippen LogP contribution in [0.5, 0.6) is 0 Å². The molecule has 0 atom stereocenters. The number of benzene rings is 2. The van der Waals surface area contributed by atoms with Crippen LogP contribution in [-0.2, 0) is 11.3 Å². The molecule has 1 aliphatic carbocycles. The quantitative estimate of drug-likeness (QED) is 0.413. The van der Waals surface area contributed by atoms with Crippen molar-refractivity contribution in [3.63, 3.8) is 0 Å². The van der Waals surface area contributed by atoms with E-state index in [0.29, 0.717) is 35.3 Å². The van der Waals surface area contributed by atoms with E-state index in [9.17, 15) is 14.0 Å². The fourth-order valence-corrected chi connectivity index (χ4v) is 4.60. The summed E-state index contributed by atoms with van der Waals surface area (Å²) < 4.78 is 14.9. The van der Waals surface area contributed by atoms with Crippen molar-refractivity contribution in [3.05, 3.63) is 87.9 Å². The highest BCUT2D eigenvalue weighted by atomic mass is 35.5. The van der Waals surface area contributed by atoms with Crippen LogP contribution in [0.25, 0.3) is 22.0 Å². The molecule has 0 radical (unpaired) electrons. The number of amides is 1. The van der Waals surface area contributed by atoms with Gasteiger partial charge in [0, 0.05) is 48.5 Å². The lowest BCUT2D eigenvalue weighted by molar-refractivity contribution is -0.128. The van der Waals surface area contributed by atoms with Crippen LogP contribution in [0.2, 0.25) is 5.02 Å². The smallest absolute Gasteiger partial charge is 0.261 e. The number of fused-ring (bicyclic) bond motifs is 1. The molecule has 2 aromatic carbocycles. The standard InChI is InChI=1S/C26H23ClFN5O2/c1-29-25(34)17-7-21(8-17)33-14-32-24-5-3-15(9-22(24)26(33)35)18-6-20(13-30-11-18)31-12-16-2-4-19(28)10-23(16)27/h2-6,9-11,13-14,17,21,31H,7-8,12H2,1H3,(H,29,34). The van der Waals surface area contributed by atoms with Gasteiger partial charge in [-0.25, -0.2) is 9.37 Å². The summed E-state index contributed by atoms with van der Waals surface area (Å²) in [5.41, 5.74) is 3.70. The van der Waals surface area contributed by atoms with Gasteiger partial charge in [-0.2, -0.15) is 0 Å². The maximum atomic E-state index is 13.3. The summed E-state index contributed by atoms with van der Waals surface area (Å²) in [4.78, 5) is 33.8. The number of nitrogens with one attached hydrogen (secondary N) is 2. The average Bonchev–Trinajstić information content (AvgIpc) is 2.84. The van der Waals surface area contributed by atoms with E-state index in [1.807, 2.05) is 24.3 Å². The first-order valence-electron chi connectivity index (χ1n) is 11.3. The molecule has 1 amide bonds. The Bertz CT molecular complexity index is 1480. The van der Waals surface area contributed by atoms with Crippen LogP contribution in [0.1, 0.15) is 24.4 Å². The van der Waals surface area contributed by atoms with Crippen molar-refractivity contribution in [3.8, 4) is 11.1 Å². The number of carbonyl (C=O) groups excluding carboxylic acids is 1. The van der Waals surface area contributed by atoms with E-state index in [1.54, 1.807) is 36.4 Å². The SMILES string of the molecule is CNC(=O)C1CC(n2cnc3ccc(-c4cncc(NCc5ccc(F)cc5Cl)c4)cc3c2=O)C1. The van der Waals surface area contributed by atoms with Gasteiger partial charge in [-0.1, -0.05) is 23.7 Å². The lowest BCUT2D eigenvalue weighted by atomic mass is 9.79. The molecule has 1 fully saturated rings. The summed E-state index contributed by atoms with van der Waals surface area (Å²) in [5.74, 6) is -0.436. The molecule has 2 heterocycles. The molecule has 1 aliphatic rings. The minimum absolute atomic E-state index is 0.00743. The second kappa shape index (κ2) is 9.46. The summed E-state index contributed by atoms with van der Waals surface area (Å²) >= 11 is 6.12. The zero-order chi connectivity index (χ0) is 24.5. The van der Waals surface area contributed by atoms with Gasteiger partial charge in [-0.3, -0.25) is 19.1 Å². The summed E-state index contributed by atoms with van der Waals surface area (Å²) in [5, 5.41) is 6.79. The van der Waals surface area contributed by atoms with Gasteiger partial charge >= 0.3 is 0 Å². The first-order valence-corrected chi connectivity index (χ1v) is 11.7. The predicted molar refractivity (Wildman–Crippen MR) is 134 cm³/mol. The Labute approximate surface area is 206 Å². The highest BCUT2D eigenvalue weighted by molar-refractivity contribution is 6.31. The number of halogens is 2. The van der Waals surface area contributed by atoms with Crippen LogP contribution in [0.3, 0.4) is 0 Å². The van der Waals surface area contributed by atoms with Gasteiger partial charge in [-0.05, 0) is 54.3 Å². The molecular formula is C26H23ClFN5O2. The summed E-state index contributed by atoms with van der Waals surface area (Å²) in [6.07, 6.45) is 6.24. The minimum atomic E-state index is -0.379. The van der Waals surface area contributed by atoms with E-state index < -0.39 is 0 Å². The van der Waals surface area contributed by atoms with Crippen molar-refractivity contribution in [1.82, 2.24) is 19.9 Å². The fraction of sp³-hybridized carbons (Fsp3) is 0.231. The molecule has 0 spiro atoms. The molecule has 5 rings (SSSR count). The first-order chi connectivity index (χ1) is 16.9. The third-order valence-corrected chi connectivity index (χ3v) is 6.83. The highest BCUT2D eigenvalue weighted by Gasteiger charge is 2.35. The molecule has 1 saturated carbocycles. The van der Waals surface area contributed by atoms with Gasteiger partial charge in [0.05, 0.1) is 22.9 Å². The molecule has 7 nitrogen and oxygen atoms in total. The van der Waals surface area contributed by atoms with Crippen LogP contribution in [0.15, 0.2) is 66.0 Å². The number of hydrogen-bond donors (Lipinski definition) is 2. The Morgan fingerprint density at radius 2 is 1.97 bits per heavy atom. The zero-order valence-corrected chi connectivity index (χ0v) is 19.7. The van der Waals surface area contributed by atoms with E-state index in [2.05, 4.69) is 20.6 Å². The first kappa shape index (κ1) is 23.0. The topological polar surface area (TPSA) is 88.9 Å². The van der Waals surface area contributed by atoms with Crippen molar-refractivity contribution in [2.45, 2.75) is 25.4 Å². The molecule has 2 N–H and O–H groups in total. The number of nitrogens with zero attached hydrogens (tertiary/aromatic N) is 3. The fourth-order valence-electron chi connectivity index (χ4n) is 4.37. The van der Waals surface area contributed by atoms with Crippen molar-refractivity contribution in [1.29, 1.82) is 0 Å². The number of aromatic nitrogens is 3. The van der Waals surface area contributed by atoms with Crippen LogP contribution in [-0.4, -0.2) is 27.5 Å². The lowest BCUT2D eigenvalue weighted by Crippen LogP contribution is -2.41. The van der Waals surface area contributed by atoms with E-state index >= 15 is 0 Å². The minimum Gasteiger partial charge on any atom is -0.380 e. The Hall–Kier alpha value is -3.78. The molecular weight excluding hydrogens is 469 g/mol. The molecule has 178 valence electrons. The van der Waals surface area contributed by atoms with Crippen LogP contribution < -0.4 is 16.2 Å². The number of carbonyl (C=O) groups is 1. The van der Waals surface area contributed by atoms with Crippen molar-refractivity contribution < 1.29 is 9.18 Å². The lowest BCUT2D eigenvalue weighted by Gasteiger charge is -2.34. The van der Waals surface area contributed by atoms with Crippen molar-refractivity contribution in [2.24, 2.45) is 5.92 Å². The van der Waals surface area contributed by atoms with Crippen LogP contribution in [0.4, 0.5) is 10.1 Å². The van der Waals surface area contributed by atoms with Gasteiger partial charge in [0.2, 0.25) is 5.91 Å². The maximum absolute atomic E-state index is 13.3. The van der Waals surface area contributed by atoms with Gasteiger partial charge in [0.25, 0.3) is 5.56 Å². The third kappa shape index (κ3) is 4.61. The molecule has 0 saturated heterocycles. The maximum Gasteiger partial charge on any atom is 0.261 e.